The second-order valence-corrected chi connectivity index (χ2v) is 4.15. The molecule has 0 aromatic heterocycles. The first kappa shape index (κ1) is 14.1. The Morgan fingerprint density at radius 2 is 1.90 bits per heavy atom. The van der Waals surface area contributed by atoms with Gasteiger partial charge in [-0.25, -0.2) is 8.78 Å². The van der Waals surface area contributed by atoms with Crippen LogP contribution in [0.1, 0.15) is 5.56 Å². The van der Waals surface area contributed by atoms with E-state index in [0.29, 0.717) is 12.2 Å². The number of hydrogen-bond acceptors (Lipinski definition) is 2. The van der Waals surface area contributed by atoms with E-state index in [0.717, 1.165) is 23.4 Å². The van der Waals surface area contributed by atoms with Crippen molar-refractivity contribution in [1.82, 2.24) is 0 Å². The third-order valence-corrected chi connectivity index (χ3v) is 2.78. The van der Waals surface area contributed by atoms with Crippen LogP contribution in [0.4, 0.5) is 14.5 Å². The number of rotatable bonds is 5. The maximum atomic E-state index is 13.0. The van der Waals surface area contributed by atoms with Gasteiger partial charge < -0.3 is 10.1 Å². The van der Waals surface area contributed by atoms with Crippen molar-refractivity contribution in [2.45, 2.75) is 0 Å². The lowest BCUT2D eigenvalue weighted by atomic mass is 10.2. The summed E-state index contributed by atoms with van der Waals surface area (Å²) < 4.78 is 31.0. The van der Waals surface area contributed by atoms with Crippen LogP contribution >= 0.6 is 0 Å². The SMILES string of the molecule is COc1ccccc1C=CCNc1ccc(F)c(F)c1. The molecule has 0 aliphatic rings. The second kappa shape index (κ2) is 6.70. The van der Waals surface area contributed by atoms with Crippen LogP contribution in [0.5, 0.6) is 5.75 Å². The van der Waals surface area contributed by atoms with Gasteiger partial charge in [0.05, 0.1) is 7.11 Å². The molecule has 2 nitrogen and oxygen atoms in total. The van der Waals surface area contributed by atoms with E-state index in [1.54, 1.807) is 7.11 Å². The Kier molecular flexibility index (Phi) is 4.71. The van der Waals surface area contributed by atoms with E-state index in [1.807, 2.05) is 36.4 Å². The molecular weight excluding hydrogens is 260 g/mol. The van der Waals surface area contributed by atoms with E-state index in [1.165, 1.54) is 6.07 Å². The highest BCUT2D eigenvalue weighted by Crippen LogP contribution is 2.18. The van der Waals surface area contributed by atoms with E-state index in [9.17, 15) is 8.78 Å². The maximum Gasteiger partial charge on any atom is 0.160 e. The fourth-order valence-corrected chi connectivity index (χ4v) is 1.77. The van der Waals surface area contributed by atoms with E-state index in [2.05, 4.69) is 5.32 Å². The topological polar surface area (TPSA) is 21.3 Å². The smallest absolute Gasteiger partial charge is 0.160 e. The molecule has 1 N–H and O–H groups in total. The predicted molar refractivity (Wildman–Crippen MR) is 76.9 cm³/mol. The summed E-state index contributed by atoms with van der Waals surface area (Å²) in [6.45, 7) is 0.503. The summed E-state index contributed by atoms with van der Waals surface area (Å²) in [6, 6.07) is 11.4. The molecule has 0 heterocycles. The normalized spacial score (nSPS) is 10.8. The van der Waals surface area contributed by atoms with Crippen LogP contribution < -0.4 is 10.1 Å². The molecule has 4 heteroatoms. The molecule has 0 amide bonds. The summed E-state index contributed by atoms with van der Waals surface area (Å²) in [5.74, 6) is -0.916. The lowest BCUT2D eigenvalue weighted by Gasteiger charge is -2.05. The Balaban J connectivity index is 1.95. The fraction of sp³-hybridized carbons (Fsp3) is 0.125. The summed E-state index contributed by atoms with van der Waals surface area (Å²) in [5.41, 5.74) is 1.50. The van der Waals surface area contributed by atoms with Crippen molar-refractivity contribution < 1.29 is 13.5 Å². The molecule has 0 aliphatic carbocycles. The largest absolute Gasteiger partial charge is 0.496 e. The first-order chi connectivity index (χ1) is 9.70. The third-order valence-electron chi connectivity index (χ3n) is 2.78. The molecule has 0 saturated carbocycles. The molecule has 104 valence electrons. The second-order valence-electron chi connectivity index (χ2n) is 4.15. The number of hydrogen-bond donors (Lipinski definition) is 1. The van der Waals surface area contributed by atoms with Gasteiger partial charge in [0.2, 0.25) is 0 Å². The van der Waals surface area contributed by atoms with Gasteiger partial charge in [-0.05, 0) is 18.2 Å². The molecule has 0 unspecified atom stereocenters. The number of benzene rings is 2. The molecule has 0 radical (unpaired) electrons. The van der Waals surface area contributed by atoms with Gasteiger partial charge in [0, 0.05) is 23.9 Å². The number of methoxy groups -OCH3 is 1. The predicted octanol–water partition coefficient (Wildman–Crippen LogP) is 4.10. The first-order valence-electron chi connectivity index (χ1n) is 6.19. The van der Waals surface area contributed by atoms with Crippen molar-refractivity contribution in [2.24, 2.45) is 0 Å². The minimum atomic E-state index is -0.858. The van der Waals surface area contributed by atoms with E-state index >= 15 is 0 Å². The van der Waals surface area contributed by atoms with Crippen LogP contribution in [0.3, 0.4) is 0 Å². The number of nitrogens with one attached hydrogen (secondary N) is 1. The van der Waals surface area contributed by atoms with Gasteiger partial charge in [-0.15, -0.1) is 0 Å². The average molecular weight is 275 g/mol. The van der Waals surface area contributed by atoms with Gasteiger partial charge >= 0.3 is 0 Å². The van der Waals surface area contributed by atoms with Crippen LogP contribution in [-0.2, 0) is 0 Å². The van der Waals surface area contributed by atoms with Gasteiger partial charge in [0.15, 0.2) is 11.6 Å². The Morgan fingerprint density at radius 1 is 1.10 bits per heavy atom. The average Bonchev–Trinajstić information content (AvgIpc) is 2.47. The Morgan fingerprint density at radius 3 is 2.65 bits per heavy atom. The molecule has 0 fully saturated rings. The lowest BCUT2D eigenvalue weighted by molar-refractivity contribution is 0.414. The third kappa shape index (κ3) is 3.57. The molecule has 2 aromatic carbocycles. The highest BCUT2D eigenvalue weighted by atomic mass is 19.2. The van der Waals surface area contributed by atoms with E-state index in [-0.39, 0.29) is 0 Å². The van der Waals surface area contributed by atoms with Crippen LogP contribution in [0.25, 0.3) is 6.08 Å². The molecule has 0 atom stereocenters. The van der Waals surface area contributed by atoms with Crippen LogP contribution in [0, 0.1) is 11.6 Å². The summed E-state index contributed by atoms with van der Waals surface area (Å²) >= 11 is 0. The zero-order valence-electron chi connectivity index (χ0n) is 11.1. The zero-order chi connectivity index (χ0) is 14.4. The lowest BCUT2D eigenvalue weighted by Crippen LogP contribution is -1.99. The van der Waals surface area contributed by atoms with Crippen molar-refractivity contribution in [3.63, 3.8) is 0 Å². The minimum absolute atomic E-state index is 0.503. The van der Waals surface area contributed by atoms with Gasteiger partial charge in [0.1, 0.15) is 5.75 Å². The maximum absolute atomic E-state index is 13.0. The highest BCUT2D eigenvalue weighted by molar-refractivity contribution is 5.57. The Hall–Kier alpha value is -2.36. The van der Waals surface area contributed by atoms with Gasteiger partial charge in [-0.3, -0.25) is 0 Å². The minimum Gasteiger partial charge on any atom is -0.496 e. The molecule has 0 aliphatic heterocycles. The van der Waals surface area contributed by atoms with Crippen LogP contribution in [0.2, 0.25) is 0 Å². The number of anilines is 1. The van der Waals surface area contributed by atoms with E-state index in [4.69, 9.17) is 4.74 Å². The monoisotopic (exact) mass is 275 g/mol. The molecule has 0 bridgehead atoms. The molecule has 2 rings (SSSR count). The first-order valence-corrected chi connectivity index (χ1v) is 6.19. The Labute approximate surface area is 116 Å². The van der Waals surface area contributed by atoms with Crippen molar-refractivity contribution in [1.29, 1.82) is 0 Å². The highest BCUT2D eigenvalue weighted by Gasteiger charge is 2.01. The van der Waals surface area contributed by atoms with Crippen LogP contribution in [0.15, 0.2) is 48.5 Å². The van der Waals surface area contributed by atoms with Crippen molar-refractivity contribution in [2.75, 3.05) is 19.0 Å². The van der Waals surface area contributed by atoms with Crippen molar-refractivity contribution in [3.05, 3.63) is 65.7 Å². The molecule has 0 saturated heterocycles. The van der Waals surface area contributed by atoms with Crippen LogP contribution in [-0.4, -0.2) is 13.7 Å². The zero-order valence-corrected chi connectivity index (χ0v) is 11.1. The summed E-state index contributed by atoms with van der Waals surface area (Å²) in [4.78, 5) is 0. The molecule has 20 heavy (non-hydrogen) atoms. The van der Waals surface area contributed by atoms with Crippen molar-refractivity contribution in [3.8, 4) is 5.75 Å². The van der Waals surface area contributed by atoms with E-state index < -0.39 is 11.6 Å². The summed E-state index contributed by atoms with van der Waals surface area (Å²) in [6.07, 6.45) is 3.80. The fourth-order valence-electron chi connectivity index (χ4n) is 1.77. The number of ether oxygens (including phenoxy) is 1. The number of halogens is 2. The quantitative estimate of drug-likeness (QED) is 0.887. The molecular formula is C16H15F2NO. The summed E-state index contributed by atoms with van der Waals surface area (Å²) in [5, 5.41) is 2.99. The standard InChI is InChI=1S/C16H15F2NO/c1-20-16-7-3-2-5-12(16)6-4-10-19-13-8-9-14(17)15(18)11-13/h2-9,11,19H,10H2,1H3. The summed E-state index contributed by atoms with van der Waals surface area (Å²) in [7, 11) is 1.62. The molecule has 2 aromatic rings. The molecule has 0 spiro atoms. The number of para-hydroxylation sites is 1. The van der Waals surface area contributed by atoms with Gasteiger partial charge in [-0.1, -0.05) is 30.4 Å². The van der Waals surface area contributed by atoms with Gasteiger partial charge in [-0.2, -0.15) is 0 Å². The Bertz CT molecular complexity index is 611. The van der Waals surface area contributed by atoms with Crippen molar-refractivity contribution >= 4 is 11.8 Å². The van der Waals surface area contributed by atoms with Gasteiger partial charge in [0.25, 0.3) is 0 Å².